The van der Waals surface area contributed by atoms with Crippen molar-refractivity contribution in [2.75, 3.05) is 6.54 Å². The van der Waals surface area contributed by atoms with Gasteiger partial charge in [0, 0.05) is 25.0 Å². The molecule has 2 bridgehead atoms. The van der Waals surface area contributed by atoms with Crippen molar-refractivity contribution in [3.8, 4) is 0 Å². The van der Waals surface area contributed by atoms with E-state index in [2.05, 4.69) is 35.5 Å². The number of fused-ring (bicyclic) bond motifs is 4. The van der Waals surface area contributed by atoms with Crippen molar-refractivity contribution < 1.29 is 9.59 Å². The molecule has 0 spiro atoms. The lowest BCUT2D eigenvalue weighted by Crippen LogP contribution is -2.59. The largest absolute Gasteiger partial charge is 0.347 e. The van der Waals surface area contributed by atoms with E-state index in [1.54, 1.807) is 29.4 Å². The lowest BCUT2D eigenvalue weighted by molar-refractivity contribution is 0.0318. The minimum atomic E-state index is -0.414. The normalized spacial score (nSPS) is 22.1. The van der Waals surface area contributed by atoms with Crippen molar-refractivity contribution in [3.05, 3.63) is 58.5 Å². The summed E-state index contributed by atoms with van der Waals surface area (Å²) in [6.45, 7) is 0.556. The summed E-state index contributed by atoms with van der Waals surface area (Å²) in [6.07, 6.45) is 7.93. The second-order valence-corrected chi connectivity index (χ2v) is 8.91. The van der Waals surface area contributed by atoms with Crippen LogP contribution in [-0.2, 0) is 0 Å². The number of carbonyl (C=O) groups excluding carboxylic acids is 2. The topological polar surface area (TPSA) is 150 Å². The summed E-state index contributed by atoms with van der Waals surface area (Å²) < 4.78 is 0. The lowest BCUT2D eigenvalue weighted by atomic mass is 9.76. The summed E-state index contributed by atoms with van der Waals surface area (Å²) in [4.78, 5) is 55.8. The van der Waals surface area contributed by atoms with Gasteiger partial charge in [-0.15, -0.1) is 0 Å². The summed E-state index contributed by atoms with van der Waals surface area (Å²) >= 11 is 0. The van der Waals surface area contributed by atoms with Gasteiger partial charge in [-0.05, 0) is 49.8 Å². The second-order valence-electron chi connectivity index (χ2n) is 8.91. The average molecular weight is 458 g/mol. The number of hydrogen-bond acceptors (Lipinski definition) is 7. The Morgan fingerprint density at radius 2 is 2.03 bits per heavy atom. The van der Waals surface area contributed by atoms with Crippen molar-refractivity contribution >= 4 is 33.9 Å². The van der Waals surface area contributed by atoms with Crippen molar-refractivity contribution in [1.29, 1.82) is 0 Å². The zero-order valence-electron chi connectivity index (χ0n) is 18.2. The maximum atomic E-state index is 13.5. The van der Waals surface area contributed by atoms with Gasteiger partial charge in [0.2, 0.25) is 0 Å². The fourth-order valence-electron chi connectivity index (χ4n) is 5.24. The van der Waals surface area contributed by atoms with Crippen LogP contribution in [0.4, 0.5) is 0 Å². The van der Waals surface area contributed by atoms with Gasteiger partial charge in [-0.2, -0.15) is 5.10 Å². The Kier molecular flexibility index (Phi) is 4.82. The van der Waals surface area contributed by atoms with E-state index in [0.717, 1.165) is 31.2 Å². The number of likely N-dealkylation sites (tertiary alicyclic amines) is 1. The van der Waals surface area contributed by atoms with Crippen LogP contribution in [0.3, 0.4) is 0 Å². The van der Waals surface area contributed by atoms with Crippen molar-refractivity contribution in [3.63, 3.8) is 0 Å². The van der Waals surface area contributed by atoms with Crippen LogP contribution < -0.4 is 10.9 Å². The quantitative estimate of drug-likeness (QED) is 0.420. The van der Waals surface area contributed by atoms with E-state index in [1.165, 1.54) is 6.33 Å². The third kappa shape index (κ3) is 3.40. The minimum Gasteiger partial charge on any atom is -0.347 e. The number of aromatic amines is 2. The van der Waals surface area contributed by atoms with E-state index in [0.29, 0.717) is 23.5 Å². The Morgan fingerprint density at radius 3 is 2.94 bits per heavy atom. The summed E-state index contributed by atoms with van der Waals surface area (Å²) in [5.74, 6) is -0.0337. The first-order chi connectivity index (χ1) is 16.6. The van der Waals surface area contributed by atoms with Gasteiger partial charge in [0.25, 0.3) is 17.4 Å². The van der Waals surface area contributed by atoms with Crippen molar-refractivity contribution in [1.82, 2.24) is 40.3 Å². The Hall–Kier alpha value is -4.15. The maximum absolute atomic E-state index is 13.5. The number of nitrogens with one attached hydrogen (secondary N) is 3. The molecule has 1 aliphatic heterocycles. The van der Waals surface area contributed by atoms with Crippen LogP contribution >= 0.6 is 0 Å². The van der Waals surface area contributed by atoms with Crippen LogP contribution in [0.1, 0.15) is 46.5 Å². The van der Waals surface area contributed by atoms with Crippen LogP contribution in [0, 0.1) is 5.92 Å². The fourth-order valence-corrected chi connectivity index (χ4v) is 5.24. The molecule has 4 aromatic heterocycles. The molecule has 3 N–H and O–H groups in total. The molecule has 0 aromatic carbocycles. The second kappa shape index (κ2) is 8.01. The number of amides is 2. The minimum absolute atomic E-state index is 0.128. The molecule has 34 heavy (non-hydrogen) atoms. The monoisotopic (exact) mass is 458 g/mol. The maximum Gasteiger partial charge on any atom is 0.273 e. The van der Waals surface area contributed by atoms with Crippen LogP contribution in [0.25, 0.3) is 22.1 Å². The molecule has 172 valence electrons. The van der Waals surface area contributed by atoms with Gasteiger partial charge in [0.1, 0.15) is 11.1 Å². The number of piperidine rings is 1. The van der Waals surface area contributed by atoms with Gasteiger partial charge >= 0.3 is 0 Å². The third-order valence-electron chi connectivity index (χ3n) is 6.97. The average Bonchev–Trinajstić information content (AvgIpc) is 3.31. The van der Waals surface area contributed by atoms with E-state index in [-0.39, 0.29) is 40.6 Å². The Morgan fingerprint density at radius 1 is 1.12 bits per heavy atom. The van der Waals surface area contributed by atoms with E-state index < -0.39 is 5.56 Å². The highest BCUT2D eigenvalue weighted by Gasteiger charge is 2.42. The highest BCUT2D eigenvalue weighted by molar-refractivity contribution is 6.03. The Labute approximate surface area is 193 Å². The molecule has 11 nitrogen and oxygen atoms in total. The molecule has 2 aliphatic rings. The molecule has 3 atom stereocenters. The zero-order valence-corrected chi connectivity index (χ0v) is 18.2. The summed E-state index contributed by atoms with van der Waals surface area (Å²) in [5, 5.41) is 10.00. The molecule has 6 rings (SSSR count). The number of rotatable bonds is 3. The molecule has 11 heteroatoms. The highest BCUT2D eigenvalue weighted by atomic mass is 16.2. The SMILES string of the molecule is O=C(NC1CCC2CCN(C(=O)c3[nH]nc4nc[nH]c(=O)c34)C1C2)c1cnc2cccnc2c1. The van der Waals surface area contributed by atoms with Gasteiger partial charge in [-0.1, -0.05) is 0 Å². The van der Waals surface area contributed by atoms with Crippen LogP contribution in [-0.4, -0.2) is 65.5 Å². The number of aromatic nitrogens is 6. The number of carbonyl (C=O) groups is 2. The van der Waals surface area contributed by atoms with Gasteiger partial charge in [-0.3, -0.25) is 29.5 Å². The van der Waals surface area contributed by atoms with Gasteiger partial charge in [-0.25, -0.2) is 4.98 Å². The molecule has 4 aromatic rings. The lowest BCUT2D eigenvalue weighted by Gasteiger charge is -2.47. The molecule has 1 aliphatic carbocycles. The fraction of sp³-hybridized carbons (Fsp3) is 0.348. The van der Waals surface area contributed by atoms with Crippen LogP contribution in [0.2, 0.25) is 0 Å². The van der Waals surface area contributed by atoms with Crippen molar-refractivity contribution in [2.45, 2.75) is 37.8 Å². The summed E-state index contributed by atoms with van der Waals surface area (Å²) in [7, 11) is 0. The van der Waals surface area contributed by atoms with Gasteiger partial charge in [0.15, 0.2) is 5.65 Å². The number of pyridine rings is 2. The Bertz CT molecular complexity index is 1480. The molecule has 2 fully saturated rings. The van der Waals surface area contributed by atoms with E-state index in [4.69, 9.17) is 0 Å². The molecule has 1 saturated carbocycles. The predicted octanol–water partition coefficient (Wildman–Crippen LogP) is 1.40. The molecule has 1 saturated heterocycles. The molecular formula is C23H22N8O3. The summed E-state index contributed by atoms with van der Waals surface area (Å²) in [6, 6.07) is 4.98. The van der Waals surface area contributed by atoms with Crippen LogP contribution in [0.15, 0.2) is 41.7 Å². The first kappa shape index (κ1) is 20.5. The molecule has 2 amide bonds. The van der Waals surface area contributed by atoms with E-state index in [1.807, 2.05) is 6.07 Å². The first-order valence-electron chi connectivity index (χ1n) is 11.3. The van der Waals surface area contributed by atoms with E-state index in [9.17, 15) is 14.4 Å². The smallest absolute Gasteiger partial charge is 0.273 e. The highest BCUT2D eigenvalue weighted by Crippen LogP contribution is 2.36. The number of nitrogens with zero attached hydrogens (tertiary/aromatic N) is 5. The predicted molar refractivity (Wildman–Crippen MR) is 122 cm³/mol. The number of H-pyrrole nitrogens is 2. The van der Waals surface area contributed by atoms with E-state index >= 15 is 0 Å². The molecule has 0 radical (unpaired) electrons. The van der Waals surface area contributed by atoms with Gasteiger partial charge in [0.05, 0.1) is 29.0 Å². The molecule has 5 heterocycles. The van der Waals surface area contributed by atoms with Crippen molar-refractivity contribution in [2.24, 2.45) is 5.92 Å². The first-order valence-corrected chi connectivity index (χ1v) is 11.3. The molecular weight excluding hydrogens is 436 g/mol. The third-order valence-corrected chi connectivity index (χ3v) is 6.97. The molecule has 3 unspecified atom stereocenters. The standard InChI is InChI=1S/C23H22N8O3/c32-21(13-9-16-14(25-10-13)2-1-6-24-16)28-15-4-3-12-5-7-31(17(15)8-12)23(34)19-18-20(30-29-19)26-11-27-22(18)33/h1-2,6,9-12,15,17H,3-5,7-8H2,(H,28,32)(H2,26,27,29,30,33). The zero-order chi connectivity index (χ0) is 23.2. The van der Waals surface area contributed by atoms with Gasteiger partial charge < -0.3 is 15.2 Å². The number of hydrogen-bond donors (Lipinski definition) is 3. The van der Waals surface area contributed by atoms with Crippen LogP contribution in [0.5, 0.6) is 0 Å². The Balaban J connectivity index is 1.27. The summed E-state index contributed by atoms with van der Waals surface area (Å²) in [5.41, 5.74) is 1.72.